The van der Waals surface area contributed by atoms with Gasteiger partial charge in [0.2, 0.25) is 0 Å². The van der Waals surface area contributed by atoms with Gasteiger partial charge >= 0.3 is 13.7 Å². The van der Waals surface area contributed by atoms with Gasteiger partial charge in [0.05, 0.1) is 6.16 Å². The molecule has 118 valence electrons. The molecule has 0 aliphatic carbocycles. The monoisotopic (exact) mass is 307 g/mol. The highest BCUT2D eigenvalue weighted by Crippen LogP contribution is 2.47. The second kappa shape index (κ2) is 7.81. The lowest BCUT2D eigenvalue weighted by atomic mass is 10.2. The van der Waals surface area contributed by atoms with Gasteiger partial charge in [-0.15, -0.1) is 0 Å². The van der Waals surface area contributed by atoms with Crippen LogP contribution < -0.4 is 5.32 Å². The number of hydrogen-bond donors (Lipinski definition) is 1. The van der Waals surface area contributed by atoms with Crippen LogP contribution in [0.25, 0.3) is 0 Å². The number of rotatable bonds is 6. The Kier molecular flexibility index (Phi) is 7.49. The minimum Gasteiger partial charge on any atom is -0.444 e. The second-order valence-electron chi connectivity index (χ2n) is 5.58. The fourth-order valence-corrected chi connectivity index (χ4v) is 2.65. The van der Waals surface area contributed by atoms with Crippen molar-refractivity contribution < 1.29 is 23.1 Å². The van der Waals surface area contributed by atoms with Crippen LogP contribution >= 0.6 is 7.60 Å². The van der Waals surface area contributed by atoms with Crippen molar-refractivity contribution in [3.8, 4) is 0 Å². The zero-order chi connectivity index (χ0) is 16.0. The molecule has 0 aliphatic rings. The molecule has 0 aromatic rings. The molecular formula is C13H26NO5P. The van der Waals surface area contributed by atoms with Gasteiger partial charge < -0.3 is 19.1 Å². The Morgan fingerprint density at radius 2 is 1.80 bits per heavy atom. The lowest BCUT2D eigenvalue weighted by molar-refractivity contribution is 0.0518. The van der Waals surface area contributed by atoms with Crippen LogP contribution in [0, 0.1) is 0 Å². The third-order valence-electron chi connectivity index (χ3n) is 2.28. The van der Waals surface area contributed by atoms with E-state index in [1.165, 1.54) is 14.2 Å². The highest BCUT2D eigenvalue weighted by molar-refractivity contribution is 7.54. The maximum absolute atomic E-state index is 12.0. The Bertz CT molecular complexity index is 392. The zero-order valence-corrected chi connectivity index (χ0v) is 14.2. The summed E-state index contributed by atoms with van der Waals surface area (Å²) in [5.74, 6) is 0. The molecule has 0 fully saturated rings. The van der Waals surface area contributed by atoms with E-state index in [9.17, 15) is 9.36 Å². The number of carbonyl (C=O) groups excluding carboxylic acids is 1. The molecular weight excluding hydrogens is 281 g/mol. The average molecular weight is 307 g/mol. The molecule has 0 aromatic heterocycles. The summed E-state index contributed by atoms with van der Waals surface area (Å²) in [7, 11) is -0.379. The number of hydrogen-bond acceptors (Lipinski definition) is 5. The molecule has 1 atom stereocenters. The number of nitrogens with one attached hydrogen (secondary N) is 1. The summed E-state index contributed by atoms with van der Waals surface area (Å²) >= 11 is 0. The highest BCUT2D eigenvalue weighted by atomic mass is 31.2. The summed E-state index contributed by atoms with van der Waals surface area (Å²) in [6.07, 6.45) is 1.48. The van der Waals surface area contributed by atoms with Crippen molar-refractivity contribution in [3.63, 3.8) is 0 Å². The Labute approximate surface area is 121 Å². The van der Waals surface area contributed by atoms with Crippen molar-refractivity contribution >= 4 is 13.7 Å². The first-order chi connectivity index (χ1) is 9.01. The maximum atomic E-state index is 12.0. The predicted molar refractivity (Wildman–Crippen MR) is 79.1 cm³/mol. The average Bonchev–Trinajstić information content (AvgIpc) is 2.25. The third-order valence-corrected chi connectivity index (χ3v) is 4.28. The molecule has 0 rings (SSSR count). The minimum atomic E-state index is -3.07. The van der Waals surface area contributed by atoms with Crippen molar-refractivity contribution in [1.82, 2.24) is 5.32 Å². The highest BCUT2D eigenvalue weighted by Gasteiger charge is 2.22. The Balaban J connectivity index is 4.50. The van der Waals surface area contributed by atoms with E-state index in [1.807, 2.05) is 0 Å². The molecule has 0 radical (unpaired) electrons. The van der Waals surface area contributed by atoms with Gasteiger partial charge in [-0.25, -0.2) is 4.79 Å². The molecule has 7 heteroatoms. The van der Waals surface area contributed by atoms with E-state index in [2.05, 4.69) is 5.32 Å². The number of carbonyl (C=O) groups is 1. The molecule has 0 unspecified atom stereocenters. The third kappa shape index (κ3) is 8.35. The van der Waals surface area contributed by atoms with Crippen LogP contribution in [0.5, 0.6) is 0 Å². The summed E-state index contributed by atoms with van der Waals surface area (Å²) in [6.45, 7) is 9.00. The first kappa shape index (κ1) is 19.2. The van der Waals surface area contributed by atoms with Crippen LogP contribution in [0.15, 0.2) is 11.6 Å². The van der Waals surface area contributed by atoms with Gasteiger partial charge in [0.1, 0.15) is 5.60 Å². The van der Waals surface area contributed by atoms with Gasteiger partial charge in [0.25, 0.3) is 0 Å². The van der Waals surface area contributed by atoms with E-state index in [0.717, 1.165) is 5.57 Å². The summed E-state index contributed by atoms with van der Waals surface area (Å²) in [5, 5.41) is 2.68. The van der Waals surface area contributed by atoms with Gasteiger partial charge in [0.15, 0.2) is 0 Å². The zero-order valence-electron chi connectivity index (χ0n) is 13.4. The first-order valence-corrected chi connectivity index (χ1v) is 8.11. The molecule has 0 aromatic carbocycles. The molecule has 0 bridgehead atoms. The van der Waals surface area contributed by atoms with Gasteiger partial charge in [-0.2, -0.15) is 0 Å². The number of ether oxygens (including phenoxy) is 1. The SMILES string of the molecule is COP(=O)(CC(C)=C[C@@H](C)NC(=O)OC(C)(C)C)OC. The fourth-order valence-electron chi connectivity index (χ4n) is 1.52. The molecule has 6 nitrogen and oxygen atoms in total. The summed E-state index contributed by atoms with van der Waals surface area (Å²) < 4.78 is 26.8. The normalized spacial score (nSPS) is 14.8. The Morgan fingerprint density at radius 3 is 2.20 bits per heavy atom. The largest absolute Gasteiger partial charge is 0.444 e. The van der Waals surface area contributed by atoms with Crippen molar-refractivity contribution in [2.24, 2.45) is 0 Å². The number of allylic oxidation sites excluding steroid dienone is 1. The van der Waals surface area contributed by atoms with Gasteiger partial charge in [0, 0.05) is 20.3 Å². The summed E-state index contributed by atoms with van der Waals surface area (Å²) in [5.41, 5.74) is 0.269. The van der Waals surface area contributed by atoms with Gasteiger partial charge in [-0.05, 0) is 34.6 Å². The molecule has 1 amide bonds. The van der Waals surface area contributed by atoms with Crippen LogP contribution in [0.3, 0.4) is 0 Å². The van der Waals surface area contributed by atoms with E-state index in [0.29, 0.717) is 0 Å². The fraction of sp³-hybridized carbons (Fsp3) is 0.769. The Morgan fingerprint density at radius 1 is 1.30 bits per heavy atom. The minimum absolute atomic E-state index is 0.181. The van der Waals surface area contributed by atoms with E-state index in [1.54, 1.807) is 40.7 Å². The molecule has 20 heavy (non-hydrogen) atoms. The topological polar surface area (TPSA) is 73.9 Å². The van der Waals surface area contributed by atoms with E-state index in [4.69, 9.17) is 13.8 Å². The summed E-state index contributed by atoms with van der Waals surface area (Å²) in [6, 6.07) is -0.244. The molecule has 0 heterocycles. The van der Waals surface area contributed by atoms with Crippen molar-refractivity contribution in [2.75, 3.05) is 20.4 Å². The molecule has 1 N–H and O–H groups in total. The lowest BCUT2D eigenvalue weighted by Crippen LogP contribution is -2.37. The van der Waals surface area contributed by atoms with Crippen LogP contribution in [0.2, 0.25) is 0 Å². The predicted octanol–water partition coefficient (Wildman–Crippen LogP) is 3.33. The lowest BCUT2D eigenvalue weighted by Gasteiger charge is -2.21. The number of alkyl carbamates (subject to hydrolysis) is 1. The maximum Gasteiger partial charge on any atom is 0.408 e. The van der Waals surface area contributed by atoms with Crippen LogP contribution in [0.4, 0.5) is 4.79 Å². The summed E-state index contributed by atoms with van der Waals surface area (Å²) in [4.78, 5) is 11.6. The van der Waals surface area contributed by atoms with Gasteiger partial charge in [-0.3, -0.25) is 4.57 Å². The van der Waals surface area contributed by atoms with Crippen LogP contribution in [-0.4, -0.2) is 38.1 Å². The first-order valence-electron chi connectivity index (χ1n) is 6.38. The van der Waals surface area contributed by atoms with Crippen molar-refractivity contribution in [3.05, 3.63) is 11.6 Å². The second-order valence-corrected chi connectivity index (χ2v) is 7.85. The van der Waals surface area contributed by atoms with E-state index in [-0.39, 0.29) is 12.2 Å². The molecule has 0 aliphatic heterocycles. The Hall–Kier alpha value is -0.840. The smallest absolute Gasteiger partial charge is 0.408 e. The van der Waals surface area contributed by atoms with Crippen molar-refractivity contribution in [1.29, 1.82) is 0 Å². The van der Waals surface area contributed by atoms with Crippen LogP contribution in [0.1, 0.15) is 34.6 Å². The van der Waals surface area contributed by atoms with Gasteiger partial charge in [-0.1, -0.05) is 11.6 Å². The quantitative estimate of drug-likeness (QED) is 0.602. The number of amides is 1. The van der Waals surface area contributed by atoms with Crippen LogP contribution in [-0.2, 0) is 18.3 Å². The molecule has 0 spiro atoms. The van der Waals surface area contributed by atoms with E-state index >= 15 is 0 Å². The molecule has 0 saturated heterocycles. The van der Waals surface area contributed by atoms with Crippen molar-refractivity contribution in [2.45, 2.75) is 46.3 Å². The van der Waals surface area contributed by atoms with E-state index < -0.39 is 19.3 Å². The standard InChI is InChI=1S/C13H26NO5P/c1-10(9-20(16,17-6)18-7)8-11(2)14-12(15)19-13(3,4)5/h8,11H,9H2,1-7H3,(H,14,15)/t11-/m1/s1. The molecule has 0 saturated carbocycles.